The van der Waals surface area contributed by atoms with E-state index in [2.05, 4.69) is 37.2 Å². The fourth-order valence-corrected chi connectivity index (χ4v) is 2.87. The minimum absolute atomic E-state index is 0.0791. The van der Waals surface area contributed by atoms with Gasteiger partial charge in [0.15, 0.2) is 0 Å². The smallest absolute Gasteiger partial charge is 0.228 e. The van der Waals surface area contributed by atoms with Gasteiger partial charge in [0, 0.05) is 19.9 Å². The number of para-hydroxylation sites is 1. The molecule has 0 saturated carbocycles. The van der Waals surface area contributed by atoms with Gasteiger partial charge in [0.2, 0.25) is 5.91 Å². The number of rotatable bonds is 3. The molecule has 0 unspecified atom stereocenters. The van der Waals surface area contributed by atoms with Crippen molar-refractivity contribution in [2.75, 3.05) is 5.32 Å². The Morgan fingerprint density at radius 2 is 1.95 bits per heavy atom. The molecule has 0 aliphatic rings. The van der Waals surface area contributed by atoms with E-state index in [0.29, 0.717) is 0 Å². The third kappa shape index (κ3) is 3.19. The van der Waals surface area contributed by atoms with E-state index in [1.54, 1.807) is 6.26 Å². The molecule has 1 heterocycles. The molecular formula is C16H11Br2NO2. The number of carbonyl (C=O) groups is 1. The van der Waals surface area contributed by atoms with Crippen LogP contribution in [0, 0.1) is 0 Å². The summed E-state index contributed by atoms with van der Waals surface area (Å²) in [6.07, 6.45) is 1.90. The van der Waals surface area contributed by atoms with Crippen LogP contribution in [0.4, 0.5) is 5.69 Å². The van der Waals surface area contributed by atoms with E-state index in [0.717, 1.165) is 31.2 Å². The lowest BCUT2D eigenvalue weighted by atomic mass is 10.1. The first kappa shape index (κ1) is 14.4. The maximum atomic E-state index is 12.2. The highest BCUT2D eigenvalue weighted by Gasteiger charge is 2.11. The fourth-order valence-electron chi connectivity index (χ4n) is 2.12. The van der Waals surface area contributed by atoms with Crippen LogP contribution in [0.25, 0.3) is 11.0 Å². The lowest BCUT2D eigenvalue weighted by Crippen LogP contribution is -2.14. The van der Waals surface area contributed by atoms with Crippen LogP contribution in [0.15, 0.2) is 62.1 Å². The Hall–Kier alpha value is -1.59. The largest absolute Gasteiger partial charge is 0.464 e. The number of hydrogen-bond donors (Lipinski definition) is 1. The minimum Gasteiger partial charge on any atom is -0.464 e. The molecular weight excluding hydrogens is 398 g/mol. The molecule has 0 saturated heterocycles. The molecule has 0 radical (unpaired) electrons. The molecule has 3 nitrogen and oxygen atoms in total. The molecule has 21 heavy (non-hydrogen) atoms. The lowest BCUT2D eigenvalue weighted by Gasteiger charge is -2.06. The van der Waals surface area contributed by atoms with Gasteiger partial charge in [-0.15, -0.1) is 0 Å². The van der Waals surface area contributed by atoms with Gasteiger partial charge in [0.25, 0.3) is 0 Å². The van der Waals surface area contributed by atoms with Gasteiger partial charge >= 0.3 is 0 Å². The monoisotopic (exact) mass is 407 g/mol. The van der Waals surface area contributed by atoms with E-state index >= 15 is 0 Å². The second-order valence-electron chi connectivity index (χ2n) is 4.61. The van der Waals surface area contributed by atoms with E-state index in [1.165, 1.54) is 0 Å². The van der Waals surface area contributed by atoms with Gasteiger partial charge in [-0.05, 0) is 46.3 Å². The number of hydrogen-bond acceptors (Lipinski definition) is 2. The maximum absolute atomic E-state index is 12.2. The quantitative estimate of drug-likeness (QED) is 0.651. The summed E-state index contributed by atoms with van der Waals surface area (Å²) in [5.41, 5.74) is 2.41. The lowest BCUT2D eigenvalue weighted by molar-refractivity contribution is -0.115. The predicted molar refractivity (Wildman–Crippen MR) is 90.4 cm³/mol. The maximum Gasteiger partial charge on any atom is 0.228 e. The SMILES string of the molecule is O=C(Cc1coc2ccc(Br)cc12)Nc1ccccc1Br. The van der Waals surface area contributed by atoms with Gasteiger partial charge in [0.05, 0.1) is 18.4 Å². The first-order chi connectivity index (χ1) is 10.1. The standard InChI is InChI=1S/C16H11Br2NO2/c17-11-5-6-15-12(8-11)10(9-21-15)7-16(20)19-14-4-2-1-3-13(14)18/h1-6,8-9H,7H2,(H,19,20). The molecule has 0 spiro atoms. The van der Waals surface area contributed by atoms with Crippen molar-refractivity contribution in [2.45, 2.75) is 6.42 Å². The number of fused-ring (bicyclic) bond motifs is 1. The van der Waals surface area contributed by atoms with Crippen LogP contribution in [0.1, 0.15) is 5.56 Å². The van der Waals surface area contributed by atoms with Gasteiger partial charge in [0.1, 0.15) is 5.58 Å². The summed E-state index contributed by atoms with van der Waals surface area (Å²) in [4.78, 5) is 12.2. The summed E-state index contributed by atoms with van der Waals surface area (Å²) in [5, 5.41) is 3.84. The van der Waals surface area contributed by atoms with Crippen LogP contribution >= 0.6 is 31.9 Å². The molecule has 0 fully saturated rings. The van der Waals surface area contributed by atoms with E-state index < -0.39 is 0 Å². The summed E-state index contributed by atoms with van der Waals surface area (Å²) < 4.78 is 7.29. The van der Waals surface area contributed by atoms with E-state index in [9.17, 15) is 4.79 Å². The van der Waals surface area contributed by atoms with Crippen LogP contribution in [0.3, 0.4) is 0 Å². The number of anilines is 1. The molecule has 106 valence electrons. The van der Waals surface area contributed by atoms with Crippen molar-refractivity contribution in [2.24, 2.45) is 0 Å². The van der Waals surface area contributed by atoms with Gasteiger partial charge in [-0.2, -0.15) is 0 Å². The van der Waals surface area contributed by atoms with Crippen LogP contribution < -0.4 is 5.32 Å². The zero-order valence-electron chi connectivity index (χ0n) is 10.9. The van der Waals surface area contributed by atoms with Crippen molar-refractivity contribution >= 4 is 54.4 Å². The Morgan fingerprint density at radius 3 is 2.76 bits per heavy atom. The summed E-state index contributed by atoms with van der Waals surface area (Å²) in [5.74, 6) is -0.0791. The van der Waals surface area contributed by atoms with Gasteiger partial charge in [-0.3, -0.25) is 4.79 Å². The van der Waals surface area contributed by atoms with Crippen molar-refractivity contribution in [1.82, 2.24) is 0 Å². The second-order valence-corrected chi connectivity index (χ2v) is 6.38. The third-order valence-corrected chi connectivity index (χ3v) is 4.30. The highest BCUT2D eigenvalue weighted by Crippen LogP contribution is 2.26. The average molecular weight is 409 g/mol. The summed E-state index contributed by atoms with van der Waals surface area (Å²) in [7, 11) is 0. The molecule has 0 aliphatic carbocycles. The Morgan fingerprint density at radius 1 is 1.14 bits per heavy atom. The fraction of sp³-hybridized carbons (Fsp3) is 0.0625. The summed E-state index contributed by atoms with van der Waals surface area (Å²) in [6.45, 7) is 0. The highest BCUT2D eigenvalue weighted by molar-refractivity contribution is 9.10. The number of benzene rings is 2. The van der Waals surface area contributed by atoms with E-state index in [4.69, 9.17) is 4.42 Å². The predicted octanol–water partition coefficient (Wildman–Crippen LogP) is 5.14. The van der Waals surface area contributed by atoms with Crippen molar-refractivity contribution < 1.29 is 9.21 Å². The van der Waals surface area contributed by atoms with Crippen molar-refractivity contribution in [3.63, 3.8) is 0 Å². The Kier molecular flexibility index (Phi) is 4.12. The second kappa shape index (κ2) is 6.03. The van der Waals surface area contributed by atoms with Crippen LogP contribution in [-0.2, 0) is 11.2 Å². The van der Waals surface area contributed by atoms with Crippen LogP contribution in [0.2, 0.25) is 0 Å². The normalized spacial score (nSPS) is 10.8. The molecule has 1 N–H and O–H groups in total. The topological polar surface area (TPSA) is 42.2 Å². The molecule has 3 rings (SSSR count). The van der Waals surface area contributed by atoms with Gasteiger partial charge in [-0.25, -0.2) is 0 Å². The number of amides is 1. The molecule has 3 aromatic rings. The van der Waals surface area contributed by atoms with Crippen LogP contribution in [-0.4, -0.2) is 5.91 Å². The summed E-state index contributed by atoms with van der Waals surface area (Å²) >= 11 is 6.84. The van der Waals surface area contributed by atoms with Crippen molar-refractivity contribution in [1.29, 1.82) is 0 Å². The van der Waals surface area contributed by atoms with Crippen LogP contribution in [0.5, 0.6) is 0 Å². The first-order valence-electron chi connectivity index (χ1n) is 6.33. The van der Waals surface area contributed by atoms with E-state index in [-0.39, 0.29) is 12.3 Å². The number of halogens is 2. The van der Waals surface area contributed by atoms with E-state index in [1.807, 2.05) is 42.5 Å². The molecule has 2 aromatic carbocycles. The average Bonchev–Trinajstić information content (AvgIpc) is 2.84. The molecule has 1 aromatic heterocycles. The molecule has 0 atom stereocenters. The summed E-state index contributed by atoms with van der Waals surface area (Å²) in [6, 6.07) is 13.3. The Labute approximate surface area is 138 Å². The number of furan rings is 1. The Balaban J connectivity index is 1.80. The van der Waals surface area contributed by atoms with Gasteiger partial charge in [-0.1, -0.05) is 28.1 Å². The van der Waals surface area contributed by atoms with Crippen molar-refractivity contribution in [3.05, 3.63) is 63.2 Å². The number of carbonyl (C=O) groups excluding carboxylic acids is 1. The zero-order chi connectivity index (χ0) is 14.8. The van der Waals surface area contributed by atoms with Crippen molar-refractivity contribution in [3.8, 4) is 0 Å². The van der Waals surface area contributed by atoms with Gasteiger partial charge < -0.3 is 9.73 Å². The number of nitrogens with one attached hydrogen (secondary N) is 1. The molecule has 1 amide bonds. The third-order valence-electron chi connectivity index (χ3n) is 3.11. The molecule has 0 aliphatic heterocycles. The Bertz CT molecular complexity index is 811. The zero-order valence-corrected chi connectivity index (χ0v) is 14.1. The molecule has 0 bridgehead atoms. The minimum atomic E-state index is -0.0791. The highest BCUT2D eigenvalue weighted by atomic mass is 79.9. The molecule has 5 heteroatoms. The first-order valence-corrected chi connectivity index (χ1v) is 7.92.